The quantitative estimate of drug-likeness (QED) is 0.802. The standard InChI is InChI=1S/C14H19N5O3S/c1-7(2)10(12(20)16-13(15)21)23-14-18-17-11(19(14)4)9-5-6-22-8(9)3/h5-7,10H,1-4H3,(H3,15,16,20,21). The van der Waals surface area contributed by atoms with Gasteiger partial charge in [0.05, 0.1) is 17.1 Å². The van der Waals surface area contributed by atoms with Crippen molar-refractivity contribution in [2.75, 3.05) is 0 Å². The number of primary amides is 1. The van der Waals surface area contributed by atoms with E-state index in [9.17, 15) is 9.59 Å². The smallest absolute Gasteiger partial charge is 0.318 e. The minimum Gasteiger partial charge on any atom is -0.469 e. The van der Waals surface area contributed by atoms with Gasteiger partial charge in [-0.1, -0.05) is 25.6 Å². The van der Waals surface area contributed by atoms with Gasteiger partial charge >= 0.3 is 6.03 Å². The second kappa shape index (κ2) is 6.86. The number of hydrogen-bond donors (Lipinski definition) is 2. The van der Waals surface area contributed by atoms with Crippen LogP contribution in [0.25, 0.3) is 11.4 Å². The third-order valence-electron chi connectivity index (χ3n) is 3.28. The molecule has 0 bridgehead atoms. The number of hydrogen-bond acceptors (Lipinski definition) is 6. The Labute approximate surface area is 137 Å². The SMILES string of the molecule is Cc1occc1-c1nnc(SC(C(=O)NC(N)=O)C(C)C)n1C. The number of rotatable bonds is 5. The summed E-state index contributed by atoms with van der Waals surface area (Å²) in [6.07, 6.45) is 1.59. The third-order valence-corrected chi connectivity index (χ3v) is 4.86. The van der Waals surface area contributed by atoms with E-state index in [4.69, 9.17) is 10.2 Å². The van der Waals surface area contributed by atoms with Crippen LogP contribution in [0.2, 0.25) is 0 Å². The zero-order chi connectivity index (χ0) is 17.1. The molecule has 0 spiro atoms. The molecule has 0 aliphatic heterocycles. The summed E-state index contributed by atoms with van der Waals surface area (Å²) in [7, 11) is 1.81. The highest BCUT2D eigenvalue weighted by molar-refractivity contribution is 8.00. The number of urea groups is 1. The molecule has 0 aliphatic rings. The lowest BCUT2D eigenvalue weighted by Crippen LogP contribution is -2.42. The Bertz CT molecular complexity index is 722. The fourth-order valence-corrected chi connectivity index (χ4v) is 3.07. The largest absolute Gasteiger partial charge is 0.469 e. The Morgan fingerprint density at radius 2 is 2.09 bits per heavy atom. The summed E-state index contributed by atoms with van der Waals surface area (Å²) in [6.45, 7) is 5.61. The molecule has 9 heteroatoms. The molecular formula is C14H19N5O3S. The Hall–Kier alpha value is -2.29. The Balaban J connectivity index is 2.25. The highest BCUT2D eigenvalue weighted by Crippen LogP contribution is 2.30. The molecule has 1 atom stereocenters. The van der Waals surface area contributed by atoms with Gasteiger partial charge in [-0.05, 0) is 18.9 Å². The fraction of sp³-hybridized carbons (Fsp3) is 0.429. The molecule has 0 aromatic carbocycles. The van der Waals surface area contributed by atoms with Gasteiger partial charge in [0.2, 0.25) is 5.91 Å². The maximum absolute atomic E-state index is 12.1. The van der Waals surface area contributed by atoms with Crippen LogP contribution in [0.15, 0.2) is 21.9 Å². The molecule has 0 saturated carbocycles. The molecule has 124 valence electrons. The average molecular weight is 337 g/mol. The molecule has 0 radical (unpaired) electrons. The van der Waals surface area contributed by atoms with Crippen molar-refractivity contribution in [1.82, 2.24) is 20.1 Å². The number of thioether (sulfide) groups is 1. The molecule has 0 fully saturated rings. The summed E-state index contributed by atoms with van der Waals surface area (Å²) in [5.41, 5.74) is 5.86. The van der Waals surface area contributed by atoms with Crippen LogP contribution >= 0.6 is 11.8 Å². The summed E-state index contributed by atoms with van der Waals surface area (Å²) in [5, 5.41) is 10.5. The first-order valence-electron chi connectivity index (χ1n) is 7.02. The number of nitrogens with one attached hydrogen (secondary N) is 1. The summed E-state index contributed by atoms with van der Waals surface area (Å²) >= 11 is 1.24. The van der Waals surface area contributed by atoms with Gasteiger partial charge in [-0.25, -0.2) is 4.79 Å². The molecule has 2 rings (SSSR count). The number of carbonyl (C=O) groups excluding carboxylic acids is 2. The normalized spacial score (nSPS) is 12.4. The first kappa shape index (κ1) is 17.1. The number of imide groups is 1. The van der Waals surface area contributed by atoms with E-state index in [-0.39, 0.29) is 5.92 Å². The van der Waals surface area contributed by atoms with Gasteiger partial charge in [-0.15, -0.1) is 10.2 Å². The van der Waals surface area contributed by atoms with Gasteiger partial charge in [0.25, 0.3) is 0 Å². The van der Waals surface area contributed by atoms with Crippen LogP contribution in [0.5, 0.6) is 0 Å². The van der Waals surface area contributed by atoms with E-state index in [0.29, 0.717) is 11.0 Å². The lowest BCUT2D eigenvalue weighted by molar-refractivity contribution is -0.120. The Morgan fingerprint density at radius 1 is 1.39 bits per heavy atom. The van der Waals surface area contributed by atoms with Crippen LogP contribution in [0.1, 0.15) is 19.6 Å². The summed E-state index contributed by atoms with van der Waals surface area (Å²) in [5.74, 6) is 0.928. The molecule has 3 N–H and O–H groups in total. The van der Waals surface area contributed by atoms with Crippen LogP contribution in [-0.2, 0) is 11.8 Å². The van der Waals surface area contributed by atoms with Crippen LogP contribution in [0.4, 0.5) is 4.79 Å². The second-order valence-electron chi connectivity index (χ2n) is 5.39. The average Bonchev–Trinajstić information content (AvgIpc) is 3.01. The summed E-state index contributed by atoms with van der Waals surface area (Å²) in [4.78, 5) is 23.0. The van der Waals surface area contributed by atoms with Gasteiger partial charge in [0.1, 0.15) is 5.76 Å². The van der Waals surface area contributed by atoms with Crippen LogP contribution < -0.4 is 11.1 Å². The predicted octanol–water partition coefficient (Wildman–Crippen LogP) is 1.70. The van der Waals surface area contributed by atoms with Crippen LogP contribution in [0.3, 0.4) is 0 Å². The Kier molecular flexibility index (Phi) is 5.09. The molecule has 2 aromatic heterocycles. The lowest BCUT2D eigenvalue weighted by Gasteiger charge is -2.18. The number of aryl methyl sites for hydroxylation is 1. The minimum atomic E-state index is -0.867. The zero-order valence-corrected chi connectivity index (χ0v) is 14.2. The molecule has 3 amide bonds. The van der Waals surface area contributed by atoms with E-state index >= 15 is 0 Å². The van der Waals surface area contributed by atoms with Gasteiger partial charge < -0.3 is 14.7 Å². The molecule has 8 nitrogen and oxygen atoms in total. The van der Waals surface area contributed by atoms with E-state index < -0.39 is 17.2 Å². The van der Waals surface area contributed by atoms with Crippen LogP contribution in [0, 0.1) is 12.8 Å². The number of carbonyl (C=O) groups is 2. The molecule has 23 heavy (non-hydrogen) atoms. The van der Waals surface area contributed by atoms with E-state index in [0.717, 1.165) is 11.3 Å². The number of nitrogens with zero attached hydrogens (tertiary/aromatic N) is 3. The lowest BCUT2D eigenvalue weighted by atomic mass is 10.1. The van der Waals surface area contributed by atoms with Crippen molar-refractivity contribution in [2.24, 2.45) is 18.7 Å². The molecule has 2 aromatic rings. The van der Waals surface area contributed by atoms with Gasteiger partial charge in [0, 0.05) is 7.05 Å². The maximum atomic E-state index is 12.1. The van der Waals surface area contributed by atoms with Crippen molar-refractivity contribution in [3.63, 3.8) is 0 Å². The molecular weight excluding hydrogens is 318 g/mol. The van der Waals surface area contributed by atoms with Gasteiger partial charge in [0.15, 0.2) is 11.0 Å². The summed E-state index contributed by atoms with van der Waals surface area (Å²) < 4.78 is 7.07. The molecule has 0 aliphatic carbocycles. The molecule has 1 unspecified atom stereocenters. The minimum absolute atomic E-state index is 0.0184. The fourth-order valence-electron chi connectivity index (χ4n) is 2.07. The second-order valence-corrected chi connectivity index (χ2v) is 6.50. The zero-order valence-electron chi connectivity index (χ0n) is 13.4. The van der Waals surface area contributed by atoms with Gasteiger partial charge in [-0.3, -0.25) is 10.1 Å². The monoisotopic (exact) mass is 337 g/mol. The Morgan fingerprint density at radius 3 is 2.61 bits per heavy atom. The predicted molar refractivity (Wildman–Crippen MR) is 85.7 cm³/mol. The highest BCUT2D eigenvalue weighted by Gasteiger charge is 2.27. The van der Waals surface area contributed by atoms with E-state index in [2.05, 4.69) is 15.5 Å². The first-order valence-corrected chi connectivity index (χ1v) is 7.90. The van der Waals surface area contributed by atoms with Crippen molar-refractivity contribution in [3.8, 4) is 11.4 Å². The van der Waals surface area contributed by atoms with Crippen molar-refractivity contribution in [3.05, 3.63) is 18.1 Å². The molecule has 2 heterocycles. The summed E-state index contributed by atoms with van der Waals surface area (Å²) in [6, 6.07) is 0.946. The van der Waals surface area contributed by atoms with Crippen molar-refractivity contribution < 1.29 is 14.0 Å². The van der Waals surface area contributed by atoms with Crippen molar-refractivity contribution >= 4 is 23.7 Å². The number of amides is 3. The topological polar surface area (TPSA) is 116 Å². The molecule has 0 saturated heterocycles. The third kappa shape index (κ3) is 3.73. The number of nitrogens with two attached hydrogens (primary N) is 1. The van der Waals surface area contributed by atoms with Crippen molar-refractivity contribution in [1.29, 1.82) is 0 Å². The van der Waals surface area contributed by atoms with E-state index in [1.165, 1.54) is 11.8 Å². The highest BCUT2D eigenvalue weighted by atomic mass is 32.2. The van der Waals surface area contributed by atoms with Gasteiger partial charge in [-0.2, -0.15) is 0 Å². The van der Waals surface area contributed by atoms with E-state index in [1.807, 2.05) is 33.9 Å². The first-order chi connectivity index (χ1) is 10.8. The van der Waals surface area contributed by atoms with Crippen LogP contribution in [-0.4, -0.2) is 32.0 Å². The number of aromatic nitrogens is 3. The number of furan rings is 1. The van der Waals surface area contributed by atoms with Crippen molar-refractivity contribution in [2.45, 2.75) is 31.2 Å². The maximum Gasteiger partial charge on any atom is 0.318 e. The van der Waals surface area contributed by atoms with E-state index in [1.54, 1.807) is 10.8 Å².